The van der Waals surface area contributed by atoms with Gasteiger partial charge in [0.25, 0.3) is 0 Å². The number of aliphatic carboxylic acids is 1. The highest BCUT2D eigenvalue weighted by molar-refractivity contribution is 5.91. The van der Waals surface area contributed by atoms with E-state index in [0.717, 1.165) is 30.5 Å². The van der Waals surface area contributed by atoms with Gasteiger partial charge in [0.05, 0.1) is 11.7 Å². The molecule has 2 aliphatic carbocycles. The Morgan fingerprint density at radius 3 is 2.32 bits per heavy atom. The van der Waals surface area contributed by atoms with Gasteiger partial charge in [0, 0.05) is 36.2 Å². The molecule has 4 aliphatic rings. The summed E-state index contributed by atoms with van der Waals surface area (Å²) in [5.41, 5.74) is 1.35. The number of urea groups is 1. The lowest BCUT2D eigenvalue weighted by Gasteiger charge is -2.55. The van der Waals surface area contributed by atoms with Gasteiger partial charge in [0.1, 0.15) is 12.6 Å². The molecule has 10 heteroatoms. The molecule has 1 saturated heterocycles. The van der Waals surface area contributed by atoms with Crippen LogP contribution in [0, 0.1) is 17.6 Å². The molecule has 3 unspecified atom stereocenters. The largest absolute Gasteiger partial charge is 0.480 e. The maximum atomic E-state index is 14.6. The first-order valence-electron chi connectivity index (χ1n) is 12.7. The third-order valence-corrected chi connectivity index (χ3v) is 8.09. The fourth-order valence-electron chi connectivity index (χ4n) is 5.86. The number of carboxylic acids is 1. The van der Waals surface area contributed by atoms with Crippen LogP contribution in [0.15, 0.2) is 42.5 Å². The Labute approximate surface area is 212 Å². The van der Waals surface area contributed by atoms with Crippen molar-refractivity contribution in [1.82, 2.24) is 9.80 Å². The van der Waals surface area contributed by atoms with Crippen molar-refractivity contribution in [3.8, 4) is 0 Å². The number of hydrogen-bond acceptors (Lipinski definition) is 4. The van der Waals surface area contributed by atoms with Crippen molar-refractivity contribution in [2.75, 3.05) is 11.4 Å². The normalized spacial score (nSPS) is 25.8. The first-order valence-corrected chi connectivity index (χ1v) is 12.7. The van der Waals surface area contributed by atoms with E-state index < -0.39 is 41.8 Å². The summed E-state index contributed by atoms with van der Waals surface area (Å²) in [4.78, 5) is 43.0. The average Bonchev–Trinajstić information content (AvgIpc) is 3.65. The van der Waals surface area contributed by atoms with Crippen molar-refractivity contribution in [2.45, 2.75) is 62.9 Å². The van der Waals surface area contributed by atoms with Gasteiger partial charge in [-0.15, -0.1) is 0 Å². The van der Waals surface area contributed by atoms with Crippen molar-refractivity contribution < 1.29 is 33.0 Å². The molecule has 3 amide bonds. The standard InChI is InChI=1S/C27H27F2N3O5/c28-19-12-18-23(13-20(19)29)32(27(36)37-14-15-4-2-1-3-5-15)21-9-8-17(21)24(18)31(16-6-7-16)26(35)30-11-10-22(30)25(33)34/h1-5,12-13,16-17,21-22,24H,6-11,14H2,(H,33,34)/t17?,21?,22-,24?/m1/s1. The van der Waals surface area contributed by atoms with Crippen LogP contribution in [0.3, 0.4) is 0 Å². The number of ether oxygens (including phenoxy) is 1. The van der Waals surface area contributed by atoms with Crippen molar-refractivity contribution in [1.29, 1.82) is 0 Å². The number of halogens is 2. The highest BCUT2D eigenvalue weighted by Crippen LogP contribution is 2.55. The van der Waals surface area contributed by atoms with E-state index >= 15 is 0 Å². The third kappa shape index (κ3) is 3.98. The molecule has 8 nitrogen and oxygen atoms in total. The Morgan fingerprint density at radius 1 is 1.00 bits per heavy atom. The van der Waals surface area contributed by atoms with Crippen LogP contribution in [-0.4, -0.2) is 57.7 Å². The van der Waals surface area contributed by atoms with Gasteiger partial charge in [0.2, 0.25) is 0 Å². The van der Waals surface area contributed by atoms with Gasteiger partial charge in [-0.25, -0.2) is 23.2 Å². The molecule has 2 saturated carbocycles. The summed E-state index contributed by atoms with van der Waals surface area (Å²) < 4.78 is 34.7. The topological polar surface area (TPSA) is 90.4 Å². The van der Waals surface area contributed by atoms with E-state index in [1.807, 2.05) is 30.3 Å². The Hall–Kier alpha value is -3.69. The molecule has 194 valence electrons. The zero-order valence-electron chi connectivity index (χ0n) is 20.1. The zero-order valence-corrected chi connectivity index (χ0v) is 20.1. The molecule has 6 rings (SSSR count). The lowest BCUT2D eigenvalue weighted by molar-refractivity contribution is -0.146. The first-order chi connectivity index (χ1) is 17.8. The Kier molecular flexibility index (Phi) is 5.77. The van der Waals surface area contributed by atoms with Crippen molar-refractivity contribution in [2.24, 2.45) is 5.92 Å². The summed E-state index contributed by atoms with van der Waals surface area (Å²) in [5.74, 6) is -3.40. The highest BCUT2D eigenvalue weighted by atomic mass is 19.2. The first kappa shape index (κ1) is 23.7. The van der Waals surface area contributed by atoms with Gasteiger partial charge in [0.15, 0.2) is 11.6 Å². The SMILES string of the molecule is O=C(O)[C@H]1CCN1C(=O)N(C1CC1)C1c2cc(F)c(F)cc2N(C(=O)OCc2ccccc2)C2CCC21. The second-order valence-corrected chi connectivity index (χ2v) is 10.2. The van der Waals surface area contributed by atoms with Crippen LogP contribution in [0.4, 0.5) is 24.1 Å². The van der Waals surface area contributed by atoms with Crippen LogP contribution >= 0.6 is 0 Å². The van der Waals surface area contributed by atoms with Crippen LogP contribution in [0.1, 0.15) is 49.3 Å². The number of nitrogens with zero attached hydrogens (tertiary/aromatic N) is 3. The number of benzene rings is 2. The number of hydrogen-bond donors (Lipinski definition) is 1. The Morgan fingerprint density at radius 2 is 1.73 bits per heavy atom. The van der Waals surface area contributed by atoms with Crippen molar-refractivity contribution in [3.63, 3.8) is 0 Å². The number of rotatable bonds is 5. The molecule has 2 aliphatic heterocycles. The Balaban J connectivity index is 1.35. The molecule has 4 atom stereocenters. The molecule has 0 aromatic heterocycles. The predicted octanol–water partition coefficient (Wildman–Crippen LogP) is 4.68. The zero-order chi connectivity index (χ0) is 25.8. The van der Waals surface area contributed by atoms with Gasteiger partial charge in [-0.3, -0.25) is 4.90 Å². The van der Waals surface area contributed by atoms with Crippen LogP contribution in [0.25, 0.3) is 0 Å². The number of carbonyl (C=O) groups is 3. The fourth-order valence-corrected chi connectivity index (χ4v) is 5.86. The van der Waals surface area contributed by atoms with E-state index in [1.54, 1.807) is 4.90 Å². The van der Waals surface area contributed by atoms with Gasteiger partial charge in [-0.1, -0.05) is 30.3 Å². The van der Waals surface area contributed by atoms with E-state index in [-0.39, 0.29) is 30.3 Å². The summed E-state index contributed by atoms with van der Waals surface area (Å²) in [6, 6.07) is 8.95. The number of fused-ring (bicyclic) bond motifs is 2. The summed E-state index contributed by atoms with van der Waals surface area (Å²) in [6.45, 7) is 0.372. The van der Waals surface area contributed by atoms with E-state index in [0.29, 0.717) is 31.4 Å². The van der Waals surface area contributed by atoms with Crippen LogP contribution in [0.5, 0.6) is 0 Å². The Bertz CT molecular complexity index is 1250. The minimum absolute atomic E-state index is 0.0359. The molecule has 2 heterocycles. The van der Waals surface area contributed by atoms with Crippen molar-refractivity contribution in [3.05, 3.63) is 65.2 Å². The van der Waals surface area contributed by atoms with Gasteiger partial charge in [-0.05, 0) is 43.7 Å². The quantitative estimate of drug-likeness (QED) is 0.629. The molecule has 2 aromatic rings. The average molecular weight is 512 g/mol. The predicted molar refractivity (Wildman–Crippen MR) is 128 cm³/mol. The summed E-state index contributed by atoms with van der Waals surface area (Å²) >= 11 is 0. The molecule has 0 spiro atoms. The summed E-state index contributed by atoms with van der Waals surface area (Å²) in [5, 5.41) is 9.50. The van der Waals surface area contributed by atoms with E-state index in [2.05, 4.69) is 0 Å². The van der Waals surface area contributed by atoms with Gasteiger partial charge < -0.3 is 19.6 Å². The van der Waals surface area contributed by atoms with E-state index in [1.165, 1.54) is 9.80 Å². The lowest BCUT2D eigenvalue weighted by Crippen LogP contribution is -2.63. The van der Waals surface area contributed by atoms with Crippen LogP contribution in [-0.2, 0) is 16.1 Å². The van der Waals surface area contributed by atoms with Crippen LogP contribution < -0.4 is 4.90 Å². The lowest BCUT2D eigenvalue weighted by atomic mass is 9.68. The summed E-state index contributed by atoms with van der Waals surface area (Å²) in [6.07, 6.45) is 2.57. The second-order valence-electron chi connectivity index (χ2n) is 10.2. The van der Waals surface area contributed by atoms with Gasteiger partial charge in [-0.2, -0.15) is 0 Å². The highest BCUT2D eigenvalue weighted by Gasteiger charge is 2.56. The molecule has 2 aromatic carbocycles. The minimum atomic E-state index is -1.09. The molecular weight excluding hydrogens is 484 g/mol. The number of amides is 3. The van der Waals surface area contributed by atoms with E-state index in [9.17, 15) is 28.3 Å². The van der Waals surface area contributed by atoms with Crippen molar-refractivity contribution >= 4 is 23.8 Å². The number of carboxylic acid groups (broad SMARTS) is 1. The maximum Gasteiger partial charge on any atom is 0.414 e. The number of carbonyl (C=O) groups excluding carboxylic acids is 2. The molecule has 37 heavy (non-hydrogen) atoms. The maximum absolute atomic E-state index is 14.6. The number of likely N-dealkylation sites (tertiary alicyclic amines) is 1. The number of anilines is 1. The summed E-state index contributed by atoms with van der Waals surface area (Å²) in [7, 11) is 0. The molecular formula is C27H27F2N3O5. The molecule has 0 bridgehead atoms. The molecule has 3 fully saturated rings. The smallest absolute Gasteiger partial charge is 0.414 e. The minimum Gasteiger partial charge on any atom is -0.480 e. The molecule has 0 radical (unpaired) electrons. The third-order valence-electron chi connectivity index (χ3n) is 8.09. The fraction of sp³-hybridized carbons (Fsp3) is 0.444. The second kappa shape index (κ2) is 9.00. The molecule has 1 N–H and O–H groups in total. The monoisotopic (exact) mass is 511 g/mol. The van der Waals surface area contributed by atoms with Crippen LogP contribution in [0.2, 0.25) is 0 Å². The van der Waals surface area contributed by atoms with Gasteiger partial charge >= 0.3 is 18.1 Å². The van der Waals surface area contributed by atoms with E-state index in [4.69, 9.17) is 4.74 Å².